The number of halogens is 1. The third-order valence-corrected chi connectivity index (χ3v) is 3.73. The molecular formula is C15H11BrN4O. The highest BCUT2D eigenvalue weighted by Gasteiger charge is 2.15. The number of hydrogen-bond donors (Lipinski definition) is 0. The molecule has 1 aromatic carbocycles. The van der Waals surface area contributed by atoms with Gasteiger partial charge in [0, 0.05) is 11.9 Å². The normalized spacial score (nSPS) is 10.5. The quantitative estimate of drug-likeness (QED) is 0.732. The number of methoxy groups -OCH3 is 1. The zero-order valence-electron chi connectivity index (χ0n) is 11.2. The van der Waals surface area contributed by atoms with Crippen LogP contribution in [0, 0.1) is 11.3 Å². The molecule has 0 unspecified atom stereocenters. The number of nitrogens with zero attached hydrogens (tertiary/aromatic N) is 4. The van der Waals surface area contributed by atoms with E-state index >= 15 is 0 Å². The molecule has 104 valence electrons. The van der Waals surface area contributed by atoms with Crippen molar-refractivity contribution in [1.29, 1.82) is 5.26 Å². The average molecular weight is 343 g/mol. The van der Waals surface area contributed by atoms with E-state index in [1.807, 2.05) is 28.8 Å². The number of hydrogen-bond acceptors (Lipinski definition) is 4. The Morgan fingerprint density at radius 1 is 1.29 bits per heavy atom. The zero-order chi connectivity index (χ0) is 14.8. The van der Waals surface area contributed by atoms with Gasteiger partial charge in [-0.1, -0.05) is 0 Å². The minimum Gasteiger partial charge on any atom is -0.497 e. The van der Waals surface area contributed by atoms with Gasteiger partial charge in [0.05, 0.1) is 35.8 Å². The lowest BCUT2D eigenvalue weighted by Gasteiger charge is -2.09. The monoisotopic (exact) mass is 342 g/mol. The van der Waals surface area contributed by atoms with Gasteiger partial charge in [0.1, 0.15) is 17.1 Å². The van der Waals surface area contributed by atoms with Crippen molar-refractivity contribution in [3.63, 3.8) is 0 Å². The first-order valence-electron chi connectivity index (χ1n) is 6.27. The van der Waals surface area contributed by atoms with Crippen LogP contribution in [0.1, 0.15) is 5.82 Å². The van der Waals surface area contributed by atoms with Crippen LogP contribution >= 0.6 is 15.9 Å². The molecular weight excluding hydrogens is 332 g/mol. The van der Waals surface area contributed by atoms with Gasteiger partial charge in [0.25, 0.3) is 0 Å². The molecule has 0 aliphatic rings. The molecule has 3 aromatic rings. The largest absolute Gasteiger partial charge is 0.497 e. The van der Waals surface area contributed by atoms with Crippen LogP contribution in [-0.4, -0.2) is 21.6 Å². The summed E-state index contributed by atoms with van der Waals surface area (Å²) >= 11 is 3.51. The van der Waals surface area contributed by atoms with Crippen LogP contribution in [0.4, 0.5) is 0 Å². The van der Waals surface area contributed by atoms with E-state index in [-0.39, 0.29) is 6.42 Å². The highest BCUT2D eigenvalue weighted by Crippen LogP contribution is 2.28. The van der Waals surface area contributed by atoms with Crippen molar-refractivity contribution in [2.75, 3.05) is 7.11 Å². The fraction of sp³-hybridized carbons (Fsp3) is 0.133. The number of ether oxygens (including phenoxy) is 1. The van der Waals surface area contributed by atoms with Gasteiger partial charge in [0.2, 0.25) is 0 Å². The number of aromatic nitrogens is 3. The molecule has 5 nitrogen and oxygen atoms in total. The first-order chi connectivity index (χ1) is 10.2. The van der Waals surface area contributed by atoms with E-state index in [9.17, 15) is 0 Å². The standard InChI is InChI=1S/C15H11BrN4O/c1-21-11-4-2-10(3-5-11)20-14(6-7-17)19-13-9-18-8-12(16)15(13)20/h2-5,8-9H,6H2,1H3. The van der Waals surface area contributed by atoms with Crippen LogP contribution in [0.5, 0.6) is 5.75 Å². The molecule has 21 heavy (non-hydrogen) atoms. The summed E-state index contributed by atoms with van der Waals surface area (Å²) in [7, 11) is 1.63. The lowest BCUT2D eigenvalue weighted by Crippen LogP contribution is -2.01. The Bertz CT molecular complexity index is 833. The van der Waals surface area contributed by atoms with Gasteiger partial charge >= 0.3 is 0 Å². The van der Waals surface area contributed by atoms with Gasteiger partial charge in [0.15, 0.2) is 0 Å². The number of benzene rings is 1. The maximum Gasteiger partial charge on any atom is 0.128 e. The molecule has 0 radical (unpaired) electrons. The Morgan fingerprint density at radius 3 is 2.71 bits per heavy atom. The highest BCUT2D eigenvalue weighted by atomic mass is 79.9. The number of imidazole rings is 1. The van der Waals surface area contributed by atoms with Crippen molar-refractivity contribution < 1.29 is 4.74 Å². The van der Waals surface area contributed by atoms with Crippen LogP contribution in [-0.2, 0) is 6.42 Å². The second kappa shape index (κ2) is 5.54. The fourth-order valence-corrected chi connectivity index (χ4v) is 2.74. The summed E-state index contributed by atoms with van der Waals surface area (Å²) in [5, 5.41) is 9.02. The molecule has 0 N–H and O–H groups in total. The molecule has 0 aliphatic heterocycles. The van der Waals surface area contributed by atoms with Gasteiger partial charge in [-0.3, -0.25) is 9.55 Å². The Labute approximate surface area is 129 Å². The number of pyridine rings is 1. The summed E-state index contributed by atoms with van der Waals surface area (Å²) in [6.07, 6.45) is 3.65. The van der Waals surface area contributed by atoms with Crippen LogP contribution in [0.25, 0.3) is 16.7 Å². The Kier molecular flexibility index (Phi) is 3.59. The van der Waals surface area contributed by atoms with E-state index in [0.717, 1.165) is 26.9 Å². The van der Waals surface area contributed by atoms with Crippen molar-refractivity contribution in [2.45, 2.75) is 6.42 Å². The third-order valence-electron chi connectivity index (χ3n) is 3.15. The maximum absolute atomic E-state index is 9.02. The lowest BCUT2D eigenvalue weighted by atomic mass is 10.2. The van der Waals surface area contributed by atoms with E-state index in [2.05, 4.69) is 32.0 Å². The molecule has 0 saturated heterocycles. The highest BCUT2D eigenvalue weighted by molar-refractivity contribution is 9.10. The predicted molar refractivity (Wildman–Crippen MR) is 82.4 cm³/mol. The summed E-state index contributed by atoms with van der Waals surface area (Å²) < 4.78 is 7.98. The third kappa shape index (κ3) is 2.36. The predicted octanol–water partition coefficient (Wildman–Crippen LogP) is 3.26. The Morgan fingerprint density at radius 2 is 2.05 bits per heavy atom. The molecule has 0 amide bonds. The zero-order valence-corrected chi connectivity index (χ0v) is 12.8. The first kappa shape index (κ1) is 13.6. The molecule has 6 heteroatoms. The first-order valence-corrected chi connectivity index (χ1v) is 7.06. The molecule has 0 fully saturated rings. The van der Waals surface area contributed by atoms with Crippen molar-refractivity contribution >= 4 is 27.0 Å². The van der Waals surface area contributed by atoms with Crippen LogP contribution in [0.3, 0.4) is 0 Å². The average Bonchev–Trinajstić information content (AvgIpc) is 2.87. The van der Waals surface area contributed by atoms with Crippen LogP contribution in [0.2, 0.25) is 0 Å². The van der Waals surface area contributed by atoms with Crippen LogP contribution < -0.4 is 4.74 Å². The maximum atomic E-state index is 9.02. The van der Waals surface area contributed by atoms with Crippen molar-refractivity contribution in [3.8, 4) is 17.5 Å². The number of nitriles is 1. The summed E-state index contributed by atoms with van der Waals surface area (Å²) in [5.41, 5.74) is 2.58. The van der Waals surface area contributed by atoms with E-state index in [4.69, 9.17) is 10.00 Å². The Hall–Kier alpha value is -2.39. The summed E-state index contributed by atoms with van der Waals surface area (Å²) in [4.78, 5) is 8.62. The summed E-state index contributed by atoms with van der Waals surface area (Å²) in [5.74, 6) is 1.47. The topological polar surface area (TPSA) is 63.7 Å². The summed E-state index contributed by atoms with van der Waals surface area (Å²) in [6, 6.07) is 9.79. The van der Waals surface area contributed by atoms with E-state index < -0.39 is 0 Å². The van der Waals surface area contributed by atoms with Crippen molar-refractivity contribution in [2.24, 2.45) is 0 Å². The molecule has 0 atom stereocenters. The molecule has 0 spiro atoms. The van der Waals surface area contributed by atoms with E-state index in [1.165, 1.54) is 0 Å². The molecule has 0 aliphatic carbocycles. The van der Waals surface area contributed by atoms with Crippen molar-refractivity contribution in [1.82, 2.24) is 14.5 Å². The second-order valence-electron chi connectivity index (χ2n) is 4.39. The van der Waals surface area contributed by atoms with Gasteiger partial charge in [-0.05, 0) is 40.2 Å². The van der Waals surface area contributed by atoms with Gasteiger partial charge < -0.3 is 4.74 Å². The Balaban J connectivity index is 2.27. The molecule has 2 aromatic heterocycles. The number of fused-ring (bicyclic) bond motifs is 1. The molecule has 0 bridgehead atoms. The second-order valence-corrected chi connectivity index (χ2v) is 5.24. The van der Waals surface area contributed by atoms with E-state index in [1.54, 1.807) is 19.5 Å². The SMILES string of the molecule is COc1ccc(-n2c(CC#N)nc3cncc(Br)c32)cc1. The van der Waals surface area contributed by atoms with Gasteiger partial charge in [-0.15, -0.1) is 0 Å². The summed E-state index contributed by atoms with van der Waals surface area (Å²) in [6.45, 7) is 0. The minimum absolute atomic E-state index is 0.229. The lowest BCUT2D eigenvalue weighted by molar-refractivity contribution is 0.414. The molecule has 3 rings (SSSR count). The van der Waals surface area contributed by atoms with E-state index in [0.29, 0.717) is 5.82 Å². The fourth-order valence-electron chi connectivity index (χ4n) is 2.24. The minimum atomic E-state index is 0.229. The van der Waals surface area contributed by atoms with Gasteiger partial charge in [-0.2, -0.15) is 5.26 Å². The number of rotatable bonds is 3. The molecule has 0 saturated carbocycles. The van der Waals surface area contributed by atoms with Crippen molar-refractivity contribution in [3.05, 3.63) is 47.0 Å². The van der Waals surface area contributed by atoms with Gasteiger partial charge in [-0.25, -0.2) is 4.98 Å². The van der Waals surface area contributed by atoms with Crippen LogP contribution in [0.15, 0.2) is 41.1 Å². The smallest absolute Gasteiger partial charge is 0.128 e. The molecule has 2 heterocycles.